The second-order valence-electron chi connectivity index (χ2n) is 11.2. The minimum absolute atomic E-state index is 0.00364. The van der Waals surface area contributed by atoms with Crippen molar-refractivity contribution in [2.45, 2.75) is 76.6 Å². The van der Waals surface area contributed by atoms with Crippen molar-refractivity contribution in [3.8, 4) is 11.1 Å². The molecule has 3 aromatic rings. The van der Waals surface area contributed by atoms with Crippen molar-refractivity contribution in [3.05, 3.63) is 95.1 Å². The van der Waals surface area contributed by atoms with Crippen LogP contribution in [0.25, 0.3) is 11.1 Å². The third-order valence-electron chi connectivity index (χ3n) is 7.82. The smallest absolute Gasteiger partial charge is 0.243 e. The molecule has 0 spiro atoms. The first kappa shape index (κ1) is 34.6. The van der Waals surface area contributed by atoms with Gasteiger partial charge in [-0.2, -0.15) is 11.8 Å². The summed E-state index contributed by atoms with van der Waals surface area (Å²) in [5.41, 5.74) is 7.52. The van der Waals surface area contributed by atoms with E-state index in [1.165, 1.54) is 0 Å². The van der Waals surface area contributed by atoms with Crippen LogP contribution in [0, 0.1) is 0 Å². The van der Waals surface area contributed by atoms with Gasteiger partial charge in [-0.25, -0.2) is 5.48 Å². The lowest BCUT2D eigenvalue weighted by Crippen LogP contribution is -2.31. The van der Waals surface area contributed by atoms with E-state index in [0.717, 1.165) is 58.4 Å². The number of carbonyl (C=O) groups excluding carboxylic acids is 2. The van der Waals surface area contributed by atoms with E-state index in [2.05, 4.69) is 17.4 Å². The highest BCUT2D eigenvalue weighted by Crippen LogP contribution is 2.39. The Balaban J connectivity index is 1.36. The highest BCUT2D eigenvalue weighted by molar-refractivity contribution is 7.99. The summed E-state index contributed by atoms with van der Waals surface area (Å²) >= 11 is 1.66. The van der Waals surface area contributed by atoms with E-state index in [4.69, 9.17) is 14.7 Å². The van der Waals surface area contributed by atoms with E-state index < -0.39 is 6.29 Å². The first-order valence-corrected chi connectivity index (χ1v) is 16.7. The van der Waals surface area contributed by atoms with E-state index in [0.29, 0.717) is 31.6 Å². The van der Waals surface area contributed by atoms with Gasteiger partial charge in [0.15, 0.2) is 6.29 Å². The molecule has 0 aliphatic carbocycles. The van der Waals surface area contributed by atoms with Crippen LogP contribution in [0.15, 0.2) is 72.8 Å². The first-order valence-electron chi connectivity index (χ1n) is 15.6. The topological polar surface area (TPSA) is 137 Å². The van der Waals surface area contributed by atoms with E-state index in [1.807, 2.05) is 60.7 Å². The third-order valence-corrected chi connectivity index (χ3v) is 8.90. The Kier molecular flexibility index (Phi) is 14.4. The molecular weight excluding hydrogens is 592 g/mol. The van der Waals surface area contributed by atoms with Crippen LogP contribution in [0.4, 0.5) is 0 Å². The molecule has 1 heterocycles. The molecule has 1 fully saturated rings. The van der Waals surface area contributed by atoms with Crippen molar-refractivity contribution in [2.24, 2.45) is 0 Å². The molecule has 2 amide bonds. The SMILES string of the molecule is O=C(CCCCCCC(=O)NCc1ccccc1-c1ccc([C@@H]2O[C@H](CSCCO)C[C@H](c3ccc(CO)cc3)O2)cc1)NO. The van der Waals surface area contributed by atoms with Crippen LogP contribution in [0.1, 0.15) is 79.6 Å². The molecule has 10 heteroatoms. The molecule has 9 nitrogen and oxygen atoms in total. The van der Waals surface area contributed by atoms with Crippen molar-refractivity contribution in [1.29, 1.82) is 0 Å². The van der Waals surface area contributed by atoms with Gasteiger partial charge in [-0.1, -0.05) is 85.6 Å². The van der Waals surface area contributed by atoms with E-state index in [9.17, 15) is 19.8 Å². The number of rotatable bonds is 17. The van der Waals surface area contributed by atoms with Crippen molar-refractivity contribution in [2.75, 3.05) is 18.1 Å². The normalized spacial score (nSPS) is 18.0. The molecule has 1 aliphatic heterocycles. The molecule has 242 valence electrons. The second-order valence-corrected chi connectivity index (χ2v) is 12.3. The number of thioether (sulfide) groups is 1. The molecule has 0 radical (unpaired) electrons. The Morgan fingerprint density at radius 3 is 2.20 bits per heavy atom. The number of hydroxylamine groups is 1. The van der Waals surface area contributed by atoms with Gasteiger partial charge in [0.1, 0.15) is 0 Å². The molecule has 0 aromatic heterocycles. The number of unbranched alkanes of at least 4 members (excludes halogenated alkanes) is 3. The van der Waals surface area contributed by atoms with Crippen molar-refractivity contribution >= 4 is 23.6 Å². The van der Waals surface area contributed by atoms with Crippen LogP contribution in [0.5, 0.6) is 0 Å². The van der Waals surface area contributed by atoms with Gasteiger partial charge in [-0.15, -0.1) is 0 Å². The summed E-state index contributed by atoms with van der Waals surface area (Å²) in [4.78, 5) is 23.6. The molecule has 0 bridgehead atoms. The van der Waals surface area contributed by atoms with Gasteiger partial charge in [0.25, 0.3) is 0 Å². The van der Waals surface area contributed by atoms with Gasteiger partial charge in [0.05, 0.1) is 25.4 Å². The summed E-state index contributed by atoms with van der Waals surface area (Å²) in [5.74, 6) is 1.02. The van der Waals surface area contributed by atoms with Crippen molar-refractivity contribution in [3.63, 3.8) is 0 Å². The summed E-state index contributed by atoms with van der Waals surface area (Å²) < 4.78 is 12.8. The maximum atomic E-state index is 12.5. The zero-order valence-corrected chi connectivity index (χ0v) is 26.3. The van der Waals surface area contributed by atoms with Gasteiger partial charge in [0, 0.05) is 42.9 Å². The molecule has 3 aromatic carbocycles. The molecule has 4 rings (SSSR count). The maximum Gasteiger partial charge on any atom is 0.243 e. The number of amides is 2. The van der Waals surface area contributed by atoms with E-state index >= 15 is 0 Å². The number of hydrogen-bond acceptors (Lipinski definition) is 8. The van der Waals surface area contributed by atoms with Gasteiger partial charge in [0.2, 0.25) is 11.8 Å². The number of benzene rings is 3. The molecule has 0 unspecified atom stereocenters. The minimum atomic E-state index is -0.545. The molecule has 45 heavy (non-hydrogen) atoms. The second kappa shape index (κ2) is 18.7. The summed E-state index contributed by atoms with van der Waals surface area (Å²) in [7, 11) is 0. The maximum absolute atomic E-state index is 12.5. The fourth-order valence-electron chi connectivity index (χ4n) is 5.34. The number of carbonyl (C=O) groups is 2. The highest BCUT2D eigenvalue weighted by Gasteiger charge is 2.32. The fourth-order valence-corrected chi connectivity index (χ4v) is 6.11. The average molecular weight is 637 g/mol. The summed E-state index contributed by atoms with van der Waals surface area (Å²) in [6.07, 6.45) is 3.78. The lowest BCUT2D eigenvalue weighted by molar-refractivity contribution is -0.245. The highest BCUT2D eigenvalue weighted by atomic mass is 32.2. The van der Waals surface area contributed by atoms with Gasteiger partial charge < -0.3 is 25.0 Å². The summed E-state index contributed by atoms with van der Waals surface area (Å²) in [6.45, 7) is 0.549. The van der Waals surface area contributed by atoms with Crippen LogP contribution >= 0.6 is 11.8 Å². The molecule has 1 saturated heterocycles. The van der Waals surface area contributed by atoms with Crippen molar-refractivity contribution < 1.29 is 34.5 Å². The van der Waals surface area contributed by atoms with Gasteiger partial charge in [-0.05, 0) is 40.7 Å². The average Bonchev–Trinajstić information content (AvgIpc) is 3.09. The summed E-state index contributed by atoms with van der Waals surface area (Å²) in [6, 6.07) is 24.0. The first-order chi connectivity index (χ1) is 22.0. The number of ether oxygens (including phenoxy) is 2. The standard InChI is InChI=1S/C35H44N2O7S/c38-19-20-45-24-30-21-32(27-13-11-25(23-39)12-14-27)44-35(43-30)28-17-15-26(16-18-28)31-8-6-5-7-29(31)22-36-33(40)9-3-1-2-4-10-34(41)37-42/h5-8,11-18,30,32,35,38-39,42H,1-4,9-10,19-24H2,(H,36,40)(H,37,41)/t30-,32+,35+/m0/s1. The van der Waals surface area contributed by atoms with E-state index in [1.54, 1.807) is 17.2 Å². The Morgan fingerprint density at radius 2 is 1.51 bits per heavy atom. The predicted octanol–water partition coefficient (Wildman–Crippen LogP) is 5.58. The Morgan fingerprint density at radius 1 is 0.822 bits per heavy atom. The lowest BCUT2D eigenvalue weighted by atomic mass is 9.97. The fraction of sp³-hybridized carbons (Fsp3) is 0.429. The van der Waals surface area contributed by atoms with Crippen molar-refractivity contribution in [1.82, 2.24) is 10.8 Å². The Labute approximate surface area is 269 Å². The van der Waals surface area contributed by atoms with Crippen LogP contribution < -0.4 is 10.8 Å². The van der Waals surface area contributed by atoms with Gasteiger partial charge in [-0.3, -0.25) is 14.8 Å². The molecular formula is C35H44N2O7S. The van der Waals surface area contributed by atoms with Crippen LogP contribution in [-0.2, 0) is 32.2 Å². The zero-order chi connectivity index (χ0) is 31.9. The molecule has 3 atom stereocenters. The molecule has 1 aliphatic rings. The molecule has 0 saturated carbocycles. The van der Waals surface area contributed by atoms with Crippen LogP contribution in [0.2, 0.25) is 0 Å². The number of aliphatic hydroxyl groups excluding tert-OH is 2. The van der Waals surface area contributed by atoms with Crippen LogP contribution in [0.3, 0.4) is 0 Å². The Bertz CT molecular complexity index is 1340. The zero-order valence-electron chi connectivity index (χ0n) is 25.5. The molecule has 5 N–H and O–H groups in total. The number of nitrogens with one attached hydrogen (secondary N) is 2. The number of hydrogen-bond donors (Lipinski definition) is 5. The van der Waals surface area contributed by atoms with E-state index in [-0.39, 0.29) is 43.7 Å². The summed E-state index contributed by atoms with van der Waals surface area (Å²) in [5, 5.41) is 30.3. The quantitative estimate of drug-likeness (QED) is 0.0736. The minimum Gasteiger partial charge on any atom is -0.396 e. The largest absolute Gasteiger partial charge is 0.396 e. The van der Waals surface area contributed by atoms with Crippen LogP contribution in [-0.4, -0.2) is 51.5 Å². The predicted molar refractivity (Wildman–Crippen MR) is 174 cm³/mol. The lowest BCUT2D eigenvalue weighted by Gasteiger charge is -2.36. The number of aliphatic hydroxyl groups is 2. The van der Waals surface area contributed by atoms with Gasteiger partial charge >= 0.3 is 0 Å². The monoisotopic (exact) mass is 636 g/mol. The third kappa shape index (κ3) is 11.0. The Hall–Kier alpha value is -3.25.